The minimum absolute atomic E-state index is 0.201. The summed E-state index contributed by atoms with van der Waals surface area (Å²) in [5.74, 6) is 0.472. The standard InChI is InChI=1S/C23H28FN3O3/c1-23(2,3)25-22(28)27(14-16-5-9-18(24)10-6-16)15-20-13-21(26-30-20)17-7-11-19(29-4)12-8-17/h5-12,20H,13-15H2,1-4H3,(H,25,28). The maximum atomic E-state index is 13.2. The molecule has 0 fully saturated rings. The van der Waals surface area contributed by atoms with Crippen LogP contribution < -0.4 is 10.1 Å². The van der Waals surface area contributed by atoms with Gasteiger partial charge in [0.2, 0.25) is 0 Å². The largest absolute Gasteiger partial charge is 0.497 e. The van der Waals surface area contributed by atoms with Gasteiger partial charge in [-0.05, 0) is 68.3 Å². The number of amides is 2. The summed E-state index contributed by atoms with van der Waals surface area (Å²) < 4.78 is 18.4. The predicted octanol–water partition coefficient (Wildman–Crippen LogP) is 4.34. The van der Waals surface area contributed by atoms with Crippen LogP contribution in [-0.4, -0.2) is 41.9 Å². The van der Waals surface area contributed by atoms with Crippen molar-refractivity contribution in [2.45, 2.75) is 45.4 Å². The molecule has 2 amide bonds. The number of rotatable bonds is 6. The van der Waals surface area contributed by atoms with Gasteiger partial charge in [-0.25, -0.2) is 9.18 Å². The summed E-state index contributed by atoms with van der Waals surface area (Å²) in [7, 11) is 1.62. The van der Waals surface area contributed by atoms with E-state index >= 15 is 0 Å². The molecule has 1 aliphatic rings. The number of halogens is 1. The first-order valence-electron chi connectivity index (χ1n) is 9.92. The van der Waals surface area contributed by atoms with Crippen LogP contribution in [0.5, 0.6) is 5.75 Å². The average Bonchev–Trinajstić information content (AvgIpc) is 3.16. The number of oxime groups is 1. The number of ether oxygens (including phenoxy) is 1. The van der Waals surface area contributed by atoms with Crippen LogP contribution in [0.4, 0.5) is 9.18 Å². The third kappa shape index (κ3) is 5.95. The fourth-order valence-corrected chi connectivity index (χ4v) is 3.16. The van der Waals surface area contributed by atoms with Crippen molar-refractivity contribution < 1.29 is 18.8 Å². The van der Waals surface area contributed by atoms with Crippen LogP contribution in [0.2, 0.25) is 0 Å². The number of methoxy groups -OCH3 is 1. The number of urea groups is 1. The minimum atomic E-state index is -0.376. The normalized spacial score (nSPS) is 15.9. The molecular formula is C23H28FN3O3. The second-order valence-electron chi connectivity index (χ2n) is 8.39. The molecule has 0 saturated carbocycles. The first kappa shape index (κ1) is 21.6. The fourth-order valence-electron chi connectivity index (χ4n) is 3.16. The van der Waals surface area contributed by atoms with E-state index < -0.39 is 0 Å². The van der Waals surface area contributed by atoms with Crippen molar-refractivity contribution in [3.05, 3.63) is 65.5 Å². The molecule has 160 valence electrons. The third-order valence-electron chi connectivity index (χ3n) is 4.64. The van der Waals surface area contributed by atoms with Crippen molar-refractivity contribution in [3.63, 3.8) is 0 Å². The van der Waals surface area contributed by atoms with Gasteiger partial charge in [0.15, 0.2) is 6.10 Å². The average molecular weight is 413 g/mol. The quantitative estimate of drug-likeness (QED) is 0.766. The van der Waals surface area contributed by atoms with Gasteiger partial charge in [-0.1, -0.05) is 17.3 Å². The van der Waals surface area contributed by atoms with E-state index in [0.29, 0.717) is 19.5 Å². The number of carbonyl (C=O) groups is 1. The van der Waals surface area contributed by atoms with Gasteiger partial charge in [-0.2, -0.15) is 0 Å². The number of benzene rings is 2. The van der Waals surface area contributed by atoms with E-state index in [2.05, 4.69) is 10.5 Å². The highest BCUT2D eigenvalue weighted by Crippen LogP contribution is 2.21. The molecule has 0 bridgehead atoms. The number of nitrogens with one attached hydrogen (secondary N) is 1. The Bertz CT molecular complexity index is 889. The molecule has 1 aliphatic heterocycles. The Labute approximate surface area is 176 Å². The van der Waals surface area contributed by atoms with Crippen molar-refractivity contribution in [1.29, 1.82) is 0 Å². The molecule has 1 heterocycles. The molecule has 7 heteroatoms. The summed E-state index contributed by atoms with van der Waals surface area (Å²) in [6.45, 7) is 6.50. The molecule has 2 aromatic rings. The van der Waals surface area contributed by atoms with E-state index in [0.717, 1.165) is 22.6 Å². The van der Waals surface area contributed by atoms with Gasteiger partial charge in [0.1, 0.15) is 11.6 Å². The smallest absolute Gasteiger partial charge is 0.318 e. The maximum absolute atomic E-state index is 13.2. The van der Waals surface area contributed by atoms with Crippen LogP contribution in [-0.2, 0) is 11.4 Å². The van der Waals surface area contributed by atoms with E-state index in [1.54, 1.807) is 24.1 Å². The van der Waals surface area contributed by atoms with Crippen molar-refractivity contribution in [2.24, 2.45) is 5.16 Å². The van der Waals surface area contributed by atoms with Crippen molar-refractivity contribution >= 4 is 11.7 Å². The zero-order chi connectivity index (χ0) is 21.7. The highest BCUT2D eigenvalue weighted by Gasteiger charge is 2.28. The van der Waals surface area contributed by atoms with Crippen molar-refractivity contribution in [2.75, 3.05) is 13.7 Å². The number of carbonyl (C=O) groups excluding carboxylic acids is 1. The Morgan fingerprint density at radius 2 is 1.87 bits per heavy atom. The molecule has 2 aromatic carbocycles. The second-order valence-corrected chi connectivity index (χ2v) is 8.39. The molecule has 1 unspecified atom stereocenters. The zero-order valence-corrected chi connectivity index (χ0v) is 17.8. The zero-order valence-electron chi connectivity index (χ0n) is 17.8. The first-order valence-corrected chi connectivity index (χ1v) is 9.92. The summed E-state index contributed by atoms with van der Waals surface area (Å²) in [5, 5.41) is 7.20. The van der Waals surface area contributed by atoms with Crippen LogP contribution in [0.15, 0.2) is 53.7 Å². The molecule has 0 radical (unpaired) electrons. The molecule has 0 aliphatic carbocycles. The summed E-state index contributed by atoms with van der Waals surface area (Å²) in [6, 6.07) is 13.6. The minimum Gasteiger partial charge on any atom is -0.497 e. The van der Waals surface area contributed by atoms with Gasteiger partial charge in [-0.3, -0.25) is 0 Å². The maximum Gasteiger partial charge on any atom is 0.318 e. The van der Waals surface area contributed by atoms with Crippen molar-refractivity contribution in [3.8, 4) is 5.75 Å². The van der Waals surface area contributed by atoms with E-state index in [-0.39, 0.29) is 23.5 Å². The van der Waals surface area contributed by atoms with E-state index in [4.69, 9.17) is 9.57 Å². The van der Waals surface area contributed by atoms with Gasteiger partial charge in [0.05, 0.1) is 19.4 Å². The second kappa shape index (κ2) is 9.15. The lowest BCUT2D eigenvalue weighted by atomic mass is 10.0. The van der Waals surface area contributed by atoms with Crippen molar-refractivity contribution in [1.82, 2.24) is 10.2 Å². The highest BCUT2D eigenvalue weighted by atomic mass is 19.1. The lowest BCUT2D eigenvalue weighted by molar-refractivity contribution is 0.0580. The number of hydrogen-bond donors (Lipinski definition) is 1. The molecule has 0 spiro atoms. The molecular weight excluding hydrogens is 385 g/mol. The van der Waals surface area contributed by atoms with Gasteiger partial charge in [-0.15, -0.1) is 0 Å². The van der Waals surface area contributed by atoms with Crippen LogP contribution in [0.25, 0.3) is 0 Å². The first-order chi connectivity index (χ1) is 14.2. The molecule has 1 atom stereocenters. The molecule has 0 saturated heterocycles. The Morgan fingerprint density at radius 3 is 2.47 bits per heavy atom. The van der Waals surface area contributed by atoms with E-state index in [9.17, 15) is 9.18 Å². The topological polar surface area (TPSA) is 63.2 Å². The number of hydrogen-bond acceptors (Lipinski definition) is 4. The van der Waals surface area contributed by atoms with Gasteiger partial charge >= 0.3 is 6.03 Å². The van der Waals surface area contributed by atoms with Gasteiger partial charge < -0.3 is 19.8 Å². The molecule has 6 nitrogen and oxygen atoms in total. The van der Waals surface area contributed by atoms with E-state index in [1.165, 1.54) is 12.1 Å². The molecule has 0 aromatic heterocycles. The molecule has 3 rings (SSSR count). The predicted molar refractivity (Wildman–Crippen MR) is 114 cm³/mol. The van der Waals surface area contributed by atoms with Crippen LogP contribution in [0.3, 0.4) is 0 Å². The Balaban J connectivity index is 1.68. The van der Waals surface area contributed by atoms with E-state index in [1.807, 2.05) is 45.0 Å². The van der Waals surface area contributed by atoms with Crippen LogP contribution >= 0.6 is 0 Å². The van der Waals surface area contributed by atoms with Crippen LogP contribution in [0, 0.1) is 5.82 Å². The van der Waals surface area contributed by atoms with Crippen LogP contribution in [0.1, 0.15) is 38.3 Å². The Kier molecular flexibility index (Phi) is 6.59. The third-order valence-corrected chi connectivity index (χ3v) is 4.64. The summed E-state index contributed by atoms with van der Waals surface area (Å²) >= 11 is 0. The summed E-state index contributed by atoms with van der Waals surface area (Å²) in [6.07, 6.45) is 0.336. The summed E-state index contributed by atoms with van der Waals surface area (Å²) in [5.41, 5.74) is 2.26. The summed E-state index contributed by atoms with van der Waals surface area (Å²) in [4.78, 5) is 20.2. The van der Waals surface area contributed by atoms with Gasteiger partial charge in [0.25, 0.3) is 0 Å². The fraction of sp³-hybridized carbons (Fsp3) is 0.391. The number of nitrogens with zero attached hydrogens (tertiary/aromatic N) is 2. The Morgan fingerprint density at radius 1 is 1.20 bits per heavy atom. The lowest BCUT2D eigenvalue weighted by Crippen LogP contribution is -2.50. The van der Waals surface area contributed by atoms with Gasteiger partial charge in [0, 0.05) is 18.5 Å². The molecule has 30 heavy (non-hydrogen) atoms. The lowest BCUT2D eigenvalue weighted by Gasteiger charge is -2.29. The SMILES string of the molecule is COc1ccc(C2=NOC(CN(Cc3ccc(F)cc3)C(=O)NC(C)(C)C)C2)cc1. The highest BCUT2D eigenvalue weighted by molar-refractivity contribution is 6.01. The Hall–Kier alpha value is -3.09. The monoisotopic (exact) mass is 413 g/mol. The molecule has 1 N–H and O–H groups in total.